The van der Waals surface area contributed by atoms with Crippen LogP contribution in [0.3, 0.4) is 0 Å². The molecule has 12 heteroatoms. The van der Waals surface area contributed by atoms with Crippen molar-refractivity contribution in [2.45, 2.75) is 12.1 Å². The van der Waals surface area contributed by atoms with Crippen LogP contribution in [0.4, 0.5) is 11.6 Å². The Morgan fingerprint density at radius 2 is 2.10 bits per heavy atom. The minimum absolute atomic E-state index is 0.0500. The number of anilines is 2. The van der Waals surface area contributed by atoms with Gasteiger partial charge in [0.05, 0.1) is 27.9 Å². The van der Waals surface area contributed by atoms with Gasteiger partial charge in [0.2, 0.25) is 11.1 Å². The fraction of sp³-hybridized carbons (Fsp3) is 0.118. The van der Waals surface area contributed by atoms with E-state index in [0.29, 0.717) is 32.3 Å². The first-order valence-corrected chi connectivity index (χ1v) is 9.98. The average Bonchev–Trinajstić information content (AvgIpc) is 3.07. The molecule has 0 aliphatic carbocycles. The molecular weight excluding hydrogens is 435 g/mol. The molecule has 0 radical (unpaired) electrons. The van der Waals surface area contributed by atoms with E-state index in [4.69, 9.17) is 29.0 Å². The Morgan fingerprint density at radius 1 is 1.28 bits per heavy atom. The van der Waals surface area contributed by atoms with Gasteiger partial charge in [-0.05, 0) is 37.3 Å². The summed E-state index contributed by atoms with van der Waals surface area (Å²) < 4.78 is 1.21. The summed E-state index contributed by atoms with van der Waals surface area (Å²) in [5.41, 5.74) is 4.54. The van der Waals surface area contributed by atoms with Crippen LogP contribution < -0.4 is 16.6 Å². The normalized spacial score (nSPS) is 11.3. The van der Waals surface area contributed by atoms with Crippen molar-refractivity contribution in [2.24, 2.45) is 5.10 Å². The van der Waals surface area contributed by atoms with E-state index in [9.17, 15) is 4.79 Å². The summed E-state index contributed by atoms with van der Waals surface area (Å²) in [6.45, 7) is 1.80. The molecule has 2 aromatic heterocycles. The van der Waals surface area contributed by atoms with Crippen LogP contribution >= 0.6 is 35.0 Å². The molecule has 3 aromatic rings. The summed E-state index contributed by atoms with van der Waals surface area (Å²) >= 11 is 13.1. The molecule has 0 bridgehead atoms. The van der Waals surface area contributed by atoms with Crippen molar-refractivity contribution in [2.75, 3.05) is 22.3 Å². The number of nitrogen functional groups attached to an aromatic ring is 1. The Labute approximate surface area is 180 Å². The number of aromatic nitrogens is 4. The number of rotatable bonds is 7. The fourth-order valence-corrected chi connectivity index (χ4v) is 3.12. The van der Waals surface area contributed by atoms with Crippen LogP contribution in [0, 0.1) is 0 Å². The van der Waals surface area contributed by atoms with Crippen molar-refractivity contribution in [1.29, 1.82) is 0 Å². The molecule has 3 rings (SSSR count). The van der Waals surface area contributed by atoms with Gasteiger partial charge in [-0.1, -0.05) is 41.0 Å². The Morgan fingerprint density at radius 3 is 2.86 bits per heavy atom. The zero-order valence-electron chi connectivity index (χ0n) is 15.1. The number of amides is 1. The smallest absolute Gasteiger partial charge is 0.264 e. The lowest BCUT2D eigenvalue weighted by molar-refractivity contribution is -0.113. The maximum absolute atomic E-state index is 12.2. The lowest BCUT2D eigenvalue weighted by Crippen LogP contribution is -2.17. The van der Waals surface area contributed by atoms with Crippen LogP contribution in [0.5, 0.6) is 0 Å². The van der Waals surface area contributed by atoms with Gasteiger partial charge in [0, 0.05) is 11.2 Å². The number of hydrogen-bond donors (Lipinski definition) is 3. The predicted octanol–water partition coefficient (Wildman–Crippen LogP) is 3.26. The van der Waals surface area contributed by atoms with Gasteiger partial charge in [0.15, 0.2) is 0 Å². The monoisotopic (exact) mass is 450 g/mol. The Hall–Kier alpha value is -2.82. The molecule has 0 unspecified atom stereocenters. The van der Waals surface area contributed by atoms with E-state index in [1.807, 2.05) is 18.2 Å². The van der Waals surface area contributed by atoms with Crippen molar-refractivity contribution in [1.82, 2.24) is 19.9 Å². The lowest BCUT2D eigenvalue weighted by Gasteiger charge is -2.07. The lowest BCUT2D eigenvalue weighted by atomic mass is 10.3. The summed E-state index contributed by atoms with van der Waals surface area (Å²) in [5, 5.41) is 16.0. The van der Waals surface area contributed by atoms with E-state index in [1.165, 1.54) is 4.68 Å². The minimum atomic E-state index is -0.291. The number of thioether (sulfide) groups is 1. The van der Waals surface area contributed by atoms with Crippen LogP contribution in [-0.2, 0) is 4.79 Å². The highest BCUT2D eigenvalue weighted by Gasteiger charge is 2.13. The molecule has 0 aliphatic rings. The van der Waals surface area contributed by atoms with Crippen molar-refractivity contribution in [3.05, 3.63) is 58.3 Å². The van der Waals surface area contributed by atoms with Gasteiger partial charge in [-0.25, -0.2) is 10.1 Å². The number of halogens is 2. The van der Waals surface area contributed by atoms with Gasteiger partial charge >= 0.3 is 0 Å². The molecular formula is C17H16Cl2N8OS. The number of pyridine rings is 1. The van der Waals surface area contributed by atoms with Crippen LogP contribution in [-0.4, -0.2) is 37.2 Å². The maximum atomic E-state index is 12.2. The predicted molar refractivity (Wildman–Crippen MR) is 116 cm³/mol. The van der Waals surface area contributed by atoms with E-state index in [-0.39, 0.29) is 17.6 Å². The first kappa shape index (κ1) is 20.9. The third-order valence-electron chi connectivity index (χ3n) is 3.56. The van der Waals surface area contributed by atoms with E-state index >= 15 is 0 Å². The van der Waals surface area contributed by atoms with Crippen molar-refractivity contribution in [3.63, 3.8) is 0 Å². The van der Waals surface area contributed by atoms with Crippen LogP contribution in [0.25, 0.3) is 0 Å². The van der Waals surface area contributed by atoms with Gasteiger partial charge < -0.3 is 11.2 Å². The average molecular weight is 451 g/mol. The number of benzene rings is 1. The maximum Gasteiger partial charge on any atom is 0.264 e. The highest BCUT2D eigenvalue weighted by molar-refractivity contribution is 7.99. The van der Waals surface area contributed by atoms with E-state index < -0.39 is 0 Å². The largest absolute Gasteiger partial charge is 0.334 e. The zero-order valence-corrected chi connectivity index (χ0v) is 17.5. The third kappa shape index (κ3) is 5.59. The molecule has 0 saturated carbocycles. The number of hydrogen-bond acceptors (Lipinski definition) is 8. The highest BCUT2D eigenvalue weighted by Crippen LogP contribution is 2.26. The second-order valence-electron chi connectivity index (χ2n) is 5.66. The van der Waals surface area contributed by atoms with Crippen molar-refractivity contribution >= 4 is 58.2 Å². The summed E-state index contributed by atoms with van der Waals surface area (Å²) in [7, 11) is 0. The van der Waals surface area contributed by atoms with Gasteiger partial charge in [-0.3, -0.25) is 9.78 Å². The van der Waals surface area contributed by atoms with Gasteiger partial charge in [-0.2, -0.15) is 5.10 Å². The molecule has 29 heavy (non-hydrogen) atoms. The molecule has 0 saturated heterocycles. The summed E-state index contributed by atoms with van der Waals surface area (Å²) in [6, 6.07) is 10.3. The van der Waals surface area contributed by atoms with Crippen LogP contribution in [0.1, 0.15) is 12.6 Å². The minimum Gasteiger partial charge on any atom is -0.334 e. The fourth-order valence-electron chi connectivity index (χ4n) is 2.13. The van der Waals surface area contributed by atoms with E-state index in [0.717, 1.165) is 11.8 Å². The molecule has 1 amide bonds. The molecule has 2 heterocycles. The molecule has 0 aliphatic heterocycles. The first-order chi connectivity index (χ1) is 13.9. The number of nitrogens with zero attached hydrogens (tertiary/aromatic N) is 5. The molecule has 0 spiro atoms. The highest BCUT2D eigenvalue weighted by atomic mass is 35.5. The summed E-state index contributed by atoms with van der Waals surface area (Å²) in [4.78, 5) is 16.4. The van der Waals surface area contributed by atoms with Crippen LogP contribution in [0.2, 0.25) is 10.0 Å². The van der Waals surface area contributed by atoms with Crippen LogP contribution in [0.15, 0.2) is 52.9 Å². The van der Waals surface area contributed by atoms with E-state index in [2.05, 4.69) is 31.0 Å². The Bertz CT molecular complexity index is 1040. The topological polar surface area (TPSA) is 123 Å². The van der Waals surface area contributed by atoms with Crippen molar-refractivity contribution in [3.8, 4) is 0 Å². The molecule has 9 nitrogen and oxygen atoms in total. The van der Waals surface area contributed by atoms with Crippen molar-refractivity contribution < 1.29 is 4.79 Å². The van der Waals surface area contributed by atoms with Gasteiger partial charge in [0.25, 0.3) is 5.95 Å². The zero-order chi connectivity index (χ0) is 20.8. The van der Waals surface area contributed by atoms with Gasteiger partial charge in [0.1, 0.15) is 0 Å². The number of carbonyl (C=O) groups excluding carboxylic acids is 1. The third-order valence-corrected chi connectivity index (χ3v) is 5.07. The molecule has 4 N–H and O–H groups in total. The Balaban J connectivity index is 1.58. The standard InChI is InChI=1S/C17H16Cl2N8OS/c1-10(13-4-2-3-7-21-13)23-24-16-25-26-17(27(16)20)29-9-15(28)22-14-8-11(18)5-6-12(14)19/h2-8H,9,20H2,1H3,(H,22,28)(H,24,25)/b23-10+. The quantitative estimate of drug-likeness (QED) is 0.218. The SMILES string of the molecule is C/C(=N\Nc1nnc(SCC(=O)Nc2cc(Cl)ccc2Cl)n1N)c1ccccn1. The number of nitrogens with two attached hydrogens (primary N) is 1. The summed E-state index contributed by atoms with van der Waals surface area (Å²) in [5.74, 6) is 5.95. The second-order valence-corrected chi connectivity index (χ2v) is 7.45. The molecule has 0 atom stereocenters. The molecule has 1 aromatic carbocycles. The van der Waals surface area contributed by atoms with Gasteiger partial charge in [-0.15, -0.1) is 10.2 Å². The van der Waals surface area contributed by atoms with E-state index in [1.54, 1.807) is 31.3 Å². The number of hydrazone groups is 1. The number of nitrogens with one attached hydrogen (secondary N) is 2. The summed E-state index contributed by atoms with van der Waals surface area (Å²) in [6.07, 6.45) is 1.68. The molecule has 150 valence electrons. The molecule has 0 fully saturated rings. The Kier molecular flexibility index (Phi) is 6.91. The second kappa shape index (κ2) is 9.59. The number of carbonyl (C=O) groups is 1. The first-order valence-electron chi connectivity index (χ1n) is 8.24.